The van der Waals surface area contributed by atoms with Gasteiger partial charge in [-0.05, 0) is 37.6 Å². The summed E-state index contributed by atoms with van der Waals surface area (Å²) >= 11 is 0. The molecule has 0 unspecified atom stereocenters. The Morgan fingerprint density at radius 3 is 2.69 bits per heavy atom. The lowest BCUT2D eigenvalue weighted by molar-refractivity contribution is -0.0663. The fourth-order valence-electron chi connectivity index (χ4n) is 4.97. The number of nitrogens with one attached hydrogen (secondary N) is 1. The van der Waals surface area contributed by atoms with Crippen LogP contribution in [0.1, 0.15) is 29.7 Å². The smallest absolute Gasteiger partial charge is 0.329 e. The van der Waals surface area contributed by atoms with Gasteiger partial charge in [0.05, 0.1) is 25.9 Å². The highest BCUT2D eigenvalue weighted by molar-refractivity contribution is 6.11. The Labute approximate surface area is 199 Å². The zero-order valence-corrected chi connectivity index (χ0v) is 19.6. The van der Waals surface area contributed by atoms with Crippen LogP contribution in [0.3, 0.4) is 0 Å². The minimum Gasteiger partial charge on any atom is -0.494 e. The molecule has 2 aromatic heterocycles. The van der Waals surface area contributed by atoms with E-state index < -0.39 is 29.3 Å². The second-order valence-corrected chi connectivity index (χ2v) is 9.16. The van der Waals surface area contributed by atoms with Crippen LogP contribution >= 0.6 is 0 Å². The highest BCUT2D eigenvalue weighted by Gasteiger charge is 2.37. The zero-order chi connectivity index (χ0) is 25.1. The quantitative estimate of drug-likeness (QED) is 0.524. The van der Waals surface area contributed by atoms with Crippen LogP contribution < -0.4 is 14.5 Å². The number of methoxy groups -OCH3 is 1. The predicted octanol–water partition coefficient (Wildman–Crippen LogP) is 4.97. The molecule has 11 heteroatoms. The fourth-order valence-corrected chi connectivity index (χ4v) is 4.97. The van der Waals surface area contributed by atoms with Gasteiger partial charge >= 0.3 is 6.03 Å². The number of nitrogens with zero attached hydrogens (tertiary/aromatic N) is 4. The van der Waals surface area contributed by atoms with E-state index in [2.05, 4.69) is 9.97 Å². The summed E-state index contributed by atoms with van der Waals surface area (Å²) in [5.41, 5.74) is 2.02. The number of aromatic amines is 1. The van der Waals surface area contributed by atoms with Gasteiger partial charge in [-0.3, -0.25) is 14.7 Å². The molecule has 1 N–H and O–H groups in total. The maximum Gasteiger partial charge on any atom is 0.329 e. The molecule has 0 aliphatic carbocycles. The highest BCUT2D eigenvalue weighted by atomic mass is 19.3. The van der Waals surface area contributed by atoms with Gasteiger partial charge in [0.15, 0.2) is 17.4 Å². The monoisotopic (exact) mass is 491 g/mol. The molecule has 3 aromatic rings. The Balaban J connectivity index is 1.51. The number of alkyl halides is 2. The number of fused-ring (bicyclic) bond motifs is 3. The van der Waals surface area contributed by atoms with E-state index in [-0.39, 0.29) is 30.8 Å². The number of halogens is 4. The van der Waals surface area contributed by atoms with E-state index in [0.717, 1.165) is 4.90 Å². The summed E-state index contributed by atoms with van der Waals surface area (Å²) in [5, 5.41) is 0.638. The second kappa shape index (κ2) is 8.40. The summed E-state index contributed by atoms with van der Waals surface area (Å²) in [6, 6.07) is 2.42. The Morgan fingerprint density at radius 2 is 1.97 bits per heavy atom. The first-order valence-electron chi connectivity index (χ1n) is 11.3. The second-order valence-electron chi connectivity index (χ2n) is 9.16. The summed E-state index contributed by atoms with van der Waals surface area (Å²) < 4.78 is 62.7. The number of piperidine rings is 1. The van der Waals surface area contributed by atoms with Gasteiger partial charge in [0.1, 0.15) is 11.3 Å². The molecule has 0 atom stereocenters. The largest absolute Gasteiger partial charge is 0.494 e. The normalized spacial score (nSPS) is 18.3. The Hall–Kier alpha value is -3.34. The molecule has 2 aliphatic heterocycles. The Kier molecular flexibility index (Phi) is 5.62. The van der Waals surface area contributed by atoms with Gasteiger partial charge in [-0.15, -0.1) is 0 Å². The molecule has 0 spiro atoms. The maximum absolute atomic E-state index is 15.1. The number of carbonyl (C=O) groups is 1. The molecule has 1 saturated heterocycles. The number of rotatable bonds is 4. The third-order valence-electron chi connectivity index (χ3n) is 6.62. The van der Waals surface area contributed by atoms with Crippen molar-refractivity contribution >= 4 is 28.4 Å². The average molecular weight is 491 g/mol. The number of benzene rings is 1. The number of urea groups is 1. The van der Waals surface area contributed by atoms with E-state index in [9.17, 15) is 18.0 Å². The number of aryl methyl sites for hydroxylation is 1. The number of ether oxygens (including phenoxy) is 1. The molecule has 4 heterocycles. The molecule has 2 aliphatic rings. The number of carbonyl (C=O) groups excluding carboxylic acids is 1. The zero-order valence-electron chi connectivity index (χ0n) is 19.6. The van der Waals surface area contributed by atoms with Crippen molar-refractivity contribution in [2.75, 3.05) is 37.0 Å². The highest BCUT2D eigenvalue weighted by Crippen LogP contribution is 2.40. The van der Waals surface area contributed by atoms with Crippen LogP contribution in [0.5, 0.6) is 5.75 Å². The van der Waals surface area contributed by atoms with Crippen LogP contribution in [-0.4, -0.2) is 54.1 Å². The lowest BCUT2D eigenvalue weighted by Gasteiger charge is -2.35. The molecule has 2 amide bonds. The molecule has 0 bridgehead atoms. The SMILES string of the molecule is COc1cc(C)c(F)c(N2Cc3cnc4[nH]c(CN5CCCC(F)(F)C5)cc4c3N(C)C2=O)c1F. The van der Waals surface area contributed by atoms with Crippen LogP contribution in [0.25, 0.3) is 11.0 Å². The summed E-state index contributed by atoms with van der Waals surface area (Å²) in [5.74, 6) is -4.67. The van der Waals surface area contributed by atoms with Crippen molar-refractivity contribution < 1.29 is 27.1 Å². The number of H-pyrrole nitrogens is 1. The molecular formula is C24H25F4N5O2. The topological polar surface area (TPSA) is 64.7 Å². The Morgan fingerprint density at radius 1 is 1.20 bits per heavy atom. The number of amides is 2. The van der Waals surface area contributed by atoms with Gasteiger partial charge in [0.25, 0.3) is 5.92 Å². The van der Waals surface area contributed by atoms with Crippen molar-refractivity contribution in [3.63, 3.8) is 0 Å². The van der Waals surface area contributed by atoms with Crippen LogP contribution in [0.4, 0.5) is 33.7 Å². The molecule has 0 saturated carbocycles. The minimum atomic E-state index is -2.71. The molecule has 186 valence electrons. The lowest BCUT2D eigenvalue weighted by Crippen LogP contribution is -2.46. The maximum atomic E-state index is 15.1. The van der Waals surface area contributed by atoms with Crippen LogP contribution in [-0.2, 0) is 13.1 Å². The molecular weight excluding hydrogens is 466 g/mol. The van der Waals surface area contributed by atoms with Gasteiger partial charge in [0.2, 0.25) is 0 Å². The van der Waals surface area contributed by atoms with Crippen LogP contribution in [0, 0.1) is 18.6 Å². The van der Waals surface area contributed by atoms with Crippen molar-refractivity contribution in [1.82, 2.24) is 14.9 Å². The van der Waals surface area contributed by atoms with Crippen LogP contribution in [0.2, 0.25) is 0 Å². The average Bonchev–Trinajstić information content (AvgIpc) is 3.21. The molecule has 0 radical (unpaired) electrons. The first-order valence-corrected chi connectivity index (χ1v) is 11.3. The van der Waals surface area contributed by atoms with Crippen molar-refractivity contribution in [1.29, 1.82) is 0 Å². The number of aromatic nitrogens is 2. The number of anilines is 2. The third kappa shape index (κ3) is 3.97. The van der Waals surface area contributed by atoms with Gasteiger partial charge in [-0.2, -0.15) is 0 Å². The molecule has 1 aromatic carbocycles. The number of likely N-dealkylation sites (tertiary alicyclic amines) is 1. The molecule has 35 heavy (non-hydrogen) atoms. The van der Waals surface area contributed by atoms with E-state index in [1.807, 2.05) is 0 Å². The van der Waals surface area contributed by atoms with Crippen molar-refractivity contribution in [3.8, 4) is 5.75 Å². The number of hydrogen-bond donors (Lipinski definition) is 1. The predicted molar refractivity (Wildman–Crippen MR) is 123 cm³/mol. The Bertz CT molecular complexity index is 1330. The van der Waals surface area contributed by atoms with Gasteiger partial charge in [0, 0.05) is 42.9 Å². The van der Waals surface area contributed by atoms with Gasteiger partial charge in [-0.25, -0.2) is 27.3 Å². The van der Waals surface area contributed by atoms with Crippen molar-refractivity contribution in [2.24, 2.45) is 0 Å². The minimum absolute atomic E-state index is 0.0965. The first kappa shape index (κ1) is 23.4. The first-order chi connectivity index (χ1) is 16.6. The summed E-state index contributed by atoms with van der Waals surface area (Å²) in [6.07, 6.45) is 1.86. The summed E-state index contributed by atoms with van der Waals surface area (Å²) in [6.45, 7) is 1.93. The van der Waals surface area contributed by atoms with Crippen molar-refractivity contribution in [2.45, 2.75) is 38.8 Å². The van der Waals surface area contributed by atoms with E-state index in [1.165, 1.54) is 32.0 Å². The summed E-state index contributed by atoms with van der Waals surface area (Å²) in [4.78, 5) is 24.9. The molecule has 7 nitrogen and oxygen atoms in total. The number of hydrogen-bond acceptors (Lipinski definition) is 4. The fraction of sp³-hybridized carbons (Fsp3) is 0.417. The summed E-state index contributed by atoms with van der Waals surface area (Å²) in [7, 11) is 2.79. The van der Waals surface area contributed by atoms with Gasteiger partial charge < -0.3 is 9.72 Å². The van der Waals surface area contributed by atoms with E-state index in [1.54, 1.807) is 17.2 Å². The van der Waals surface area contributed by atoms with E-state index >= 15 is 4.39 Å². The molecule has 1 fully saturated rings. The molecule has 5 rings (SSSR count). The van der Waals surface area contributed by atoms with Crippen molar-refractivity contribution in [3.05, 3.63) is 46.8 Å². The van der Waals surface area contributed by atoms with Crippen LogP contribution in [0.15, 0.2) is 18.3 Å². The van der Waals surface area contributed by atoms with E-state index in [4.69, 9.17) is 4.74 Å². The number of pyridine rings is 1. The lowest BCUT2D eigenvalue weighted by atomic mass is 10.1. The standard InChI is InChI=1S/C24H25F4N5O2/c1-13-7-17(35-3)19(26)21(18(13)25)33-10-14-9-29-22-16(20(14)31(2)23(33)34)8-15(30-22)11-32-6-4-5-24(27,28)12-32/h7-9H,4-6,10-12H2,1-3H3,(H,29,30). The van der Waals surface area contributed by atoms with Gasteiger partial charge in [-0.1, -0.05) is 0 Å². The third-order valence-corrected chi connectivity index (χ3v) is 6.62. The van der Waals surface area contributed by atoms with E-state index in [0.29, 0.717) is 47.5 Å².